The first kappa shape index (κ1) is 17.7. The monoisotopic (exact) mass is 330 g/mol. The lowest BCUT2D eigenvalue weighted by Crippen LogP contribution is -2.57. The minimum Gasteiger partial charge on any atom is -0.368 e. The fourth-order valence-electron chi connectivity index (χ4n) is 3.67. The molecule has 2 aliphatic rings. The lowest BCUT2D eigenvalue weighted by atomic mass is 9.80. The van der Waals surface area contributed by atoms with Crippen molar-refractivity contribution < 1.29 is 14.2 Å². The summed E-state index contributed by atoms with van der Waals surface area (Å²) in [7, 11) is 0. The van der Waals surface area contributed by atoms with Gasteiger partial charge in [-0.2, -0.15) is 0 Å². The molecule has 0 saturated carbocycles. The van der Waals surface area contributed by atoms with Crippen molar-refractivity contribution in [1.29, 1.82) is 0 Å². The Kier molecular flexibility index (Phi) is 5.43. The van der Waals surface area contributed by atoms with E-state index in [2.05, 4.69) is 32.6 Å². The first-order valence-electron chi connectivity index (χ1n) is 9.17. The van der Waals surface area contributed by atoms with Gasteiger partial charge in [-0.25, -0.2) is 0 Å². The van der Waals surface area contributed by atoms with Crippen LogP contribution in [0.3, 0.4) is 0 Å². The van der Waals surface area contributed by atoms with E-state index in [1.807, 2.05) is 24.3 Å². The molecule has 2 heterocycles. The average Bonchev–Trinajstić information content (AvgIpc) is 2.62. The van der Waals surface area contributed by atoms with Crippen molar-refractivity contribution in [3.8, 4) is 0 Å². The number of hydrogen-bond acceptors (Lipinski definition) is 3. The number of ether oxygens (including phenoxy) is 3. The van der Waals surface area contributed by atoms with Crippen LogP contribution >= 0.6 is 0 Å². The highest BCUT2D eigenvalue weighted by atomic mass is 16.7. The largest absolute Gasteiger partial charge is 0.368 e. The summed E-state index contributed by atoms with van der Waals surface area (Å²) in [5.74, 6) is -0.587. The van der Waals surface area contributed by atoms with Gasteiger partial charge in [-0.05, 0) is 31.2 Å². The SMILES string of the molecule is C=CC(C)(C)[C@@H]1CC[C@@H](OCc2ccccc2)[C@@]2(CCCCO2)O1. The molecule has 0 radical (unpaired) electrons. The molecule has 3 nitrogen and oxygen atoms in total. The van der Waals surface area contributed by atoms with E-state index in [1.54, 1.807) is 0 Å². The predicted octanol–water partition coefficient (Wildman–Crippen LogP) is 4.86. The smallest absolute Gasteiger partial charge is 0.195 e. The van der Waals surface area contributed by atoms with Gasteiger partial charge in [0.25, 0.3) is 0 Å². The molecule has 24 heavy (non-hydrogen) atoms. The van der Waals surface area contributed by atoms with Crippen LogP contribution in [0.1, 0.15) is 51.5 Å². The summed E-state index contributed by atoms with van der Waals surface area (Å²) >= 11 is 0. The molecular weight excluding hydrogens is 300 g/mol. The summed E-state index contributed by atoms with van der Waals surface area (Å²) in [5.41, 5.74) is 1.13. The highest BCUT2D eigenvalue weighted by Crippen LogP contribution is 2.44. The molecule has 2 fully saturated rings. The zero-order valence-corrected chi connectivity index (χ0v) is 15.0. The van der Waals surface area contributed by atoms with Crippen LogP contribution in [-0.4, -0.2) is 24.6 Å². The van der Waals surface area contributed by atoms with Gasteiger partial charge in [-0.3, -0.25) is 0 Å². The molecule has 0 aromatic heterocycles. The normalized spacial score (nSPS) is 31.1. The fourth-order valence-corrected chi connectivity index (χ4v) is 3.67. The topological polar surface area (TPSA) is 27.7 Å². The van der Waals surface area contributed by atoms with Crippen molar-refractivity contribution in [2.24, 2.45) is 5.41 Å². The van der Waals surface area contributed by atoms with Crippen LogP contribution < -0.4 is 0 Å². The Morgan fingerprint density at radius 3 is 2.71 bits per heavy atom. The Morgan fingerprint density at radius 1 is 1.25 bits per heavy atom. The van der Waals surface area contributed by atoms with Crippen LogP contribution in [0.15, 0.2) is 43.0 Å². The molecule has 0 aliphatic carbocycles. The molecule has 0 bridgehead atoms. The third kappa shape index (κ3) is 3.74. The predicted molar refractivity (Wildman–Crippen MR) is 95.6 cm³/mol. The van der Waals surface area contributed by atoms with Crippen LogP contribution in [0.25, 0.3) is 0 Å². The number of rotatable bonds is 5. The summed E-state index contributed by atoms with van der Waals surface area (Å²) in [4.78, 5) is 0. The van der Waals surface area contributed by atoms with Crippen LogP contribution in [-0.2, 0) is 20.8 Å². The first-order chi connectivity index (χ1) is 11.6. The van der Waals surface area contributed by atoms with Gasteiger partial charge in [0.05, 0.1) is 19.3 Å². The van der Waals surface area contributed by atoms with Crippen molar-refractivity contribution >= 4 is 0 Å². The van der Waals surface area contributed by atoms with E-state index in [0.29, 0.717) is 6.61 Å². The van der Waals surface area contributed by atoms with Crippen LogP contribution in [0, 0.1) is 5.41 Å². The Morgan fingerprint density at radius 2 is 2.04 bits per heavy atom. The maximum absolute atomic E-state index is 6.55. The summed E-state index contributed by atoms with van der Waals surface area (Å²) < 4.78 is 19.0. The molecule has 1 aromatic carbocycles. The van der Waals surface area contributed by atoms with Gasteiger partial charge in [0, 0.05) is 11.8 Å². The minimum atomic E-state index is -0.587. The third-order valence-electron chi connectivity index (χ3n) is 5.44. The molecule has 1 aromatic rings. The van der Waals surface area contributed by atoms with Gasteiger partial charge in [-0.15, -0.1) is 6.58 Å². The van der Waals surface area contributed by atoms with E-state index in [1.165, 1.54) is 5.56 Å². The third-order valence-corrected chi connectivity index (χ3v) is 5.44. The van der Waals surface area contributed by atoms with Gasteiger partial charge in [-0.1, -0.05) is 50.3 Å². The maximum Gasteiger partial charge on any atom is 0.195 e. The van der Waals surface area contributed by atoms with Gasteiger partial charge in [0.1, 0.15) is 6.10 Å². The quantitative estimate of drug-likeness (QED) is 0.722. The zero-order valence-electron chi connectivity index (χ0n) is 15.0. The Labute approximate surface area is 146 Å². The van der Waals surface area contributed by atoms with Crippen molar-refractivity contribution in [2.75, 3.05) is 6.61 Å². The average molecular weight is 330 g/mol. The summed E-state index contributed by atoms with van der Waals surface area (Å²) in [6, 6.07) is 10.3. The van der Waals surface area contributed by atoms with E-state index < -0.39 is 5.79 Å². The van der Waals surface area contributed by atoms with E-state index in [0.717, 1.165) is 38.7 Å². The van der Waals surface area contributed by atoms with Gasteiger partial charge < -0.3 is 14.2 Å². The van der Waals surface area contributed by atoms with E-state index in [4.69, 9.17) is 14.2 Å². The minimum absolute atomic E-state index is 0.00475. The van der Waals surface area contributed by atoms with Gasteiger partial charge in [0.15, 0.2) is 5.79 Å². The van der Waals surface area contributed by atoms with Gasteiger partial charge in [0.2, 0.25) is 0 Å². The highest BCUT2D eigenvalue weighted by molar-refractivity contribution is 5.13. The van der Waals surface area contributed by atoms with Crippen LogP contribution in [0.4, 0.5) is 0 Å². The fraction of sp³-hybridized carbons (Fsp3) is 0.619. The van der Waals surface area contributed by atoms with Crippen LogP contribution in [0.5, 0.6) is 0 Å². The van der Waals surface area contributed by atoms with Gasteiger partial charge >= 0.3 is 0 Å². The number of benzene rings is 1. The lowest BCUT2D eigenvalue weighted by molar-refractivity contribution is -0.351. The second-order valence-corrected chi connectivity index (χ2v) is 7.61. The molecule has 0 amide bonds. The molecule has 2 aliphatic heterocycles. The Hall–Kier alpha value is -1.16. The van der Waals surface area contributed by atoms with Crippen LogP contribution in [0.2, 0.25) is 0 Å². The number of hydrogen-bond donors (Lipinski definition) is 0. The second kappa shape index (κ2) is 7.38. The summed E-state index contributed by atoms with van der Waals surface area (Å²) in [6.45, 7) is 9.72. The Balaban J connectivity index is 1.72. The molecule has 1 spiro atoms. The summed E-state index contributed by atoms with van der Waals surface area (Å²) in [5, 5.41) is 0. The maximum atomic E-state index is 6.55. The standard InChI is InChI=1S/C21H30O3/c1-4-20(2,3)18-12-13-19(21(24-18)14-8-9-15-23-21)22-16-17-10-6-5-7-11-17/h4-7,10-11,18-19H,1,8-9,12-16H2,2-3H3/t18-,19+,21+/m0/s1. The Bertz CT molecular complexity index is 531. The van der Waals surface area contributed by atoms with E-state index in [9.17, 15) is 0 Å². The molecule has 3 rings (SSSR count). The van der Waals surface area contributed by atoms with Crippen molar-refractivity contribution in [1.82, 2.24) is 0 Å². The van der Waals surface area contributed by atoms with E-state index in [-0.39, 0.29) is 17.6 Å². The van der Waals surface area contributed by atoms with Crippen molar-refractivity contribution in [3.05, 3.63) is 48.6 Å². The second-order valence-electron chi connectivity index (χ2n) is 7.61. The molecule has 132 valence electrons. The highest BCUT2D eigenvalue weighted by Gasteiger charge is 2.50. The first-order valence-corrected chi connectivity index (χ1v) is 9.17. The molecular formula is C21H30O3. The van der Waals surface area contributed by atoms with Crippen molar-refractivity contribution in [2.45, 2.75) is 70.6 Å². The molecule has 0 unspecified atom stereocenters. The molecule has 3 atom stereocenters. The molecule has 3 heteroatoms. The molecule has 0 N–H and O–H groups in total. The van der Waals surface area contributed by atoms with E-state index >= 15 is 0 Å². The summed E-state index contributed by atoms with van der Waals surface area (Å²) in [6.07, 6.45) is 7.21. The zero-order chi connectivity index (χ0) is 17.0. The molecule has 2 saturated heterocycles. The van der Waals surface area contributed by atoms with Crippen molar-refractivity contribution in [3.63, 3.8) is 0 Å². The lowest BCUT2D eigenvalue weighted by Gasteiger charge is -2.50.